The molecule has 0 aromatic rings. The predicted molar refractivity (Wildman–Crippen MR) is 115 cm³/mol. The molecule has 0 aliphatic carbocycles. The van der Waals surface area contributed by atoms with Gasteiger partial charge in [-0.05, 0) is 38.6 Å². The molecule has 1 amide bonds. The van der Waals surface area contributed by atoms with Gasteiger partial charge in [0, 0.05) is 6.42 Å². The molecule has 0 saturated carbocycles. The summed E-state index contributed by atoms with van der Waals surface area (Å²) in [5.41, 5.74) is 5.10. The fourth-order valence-electron chi connectivity index (χ4n) is 2.60. The number of hydrogen-bond acceptors (Lipinski definition) is 3. The van der Waals surface area contributed by atoms with Crippen LogP contribution in [0.4, 0.5) is 0 Å². The lowest BCUT2D eigenvalue weighted by Gasteiger charge is -1.99. The number of primary amides is 1. The molecule has 0 aliphatic heterocycles. The smallest absolute Gasteiger partial charge is 0.317 e. The molecule has 4 N–H and O–H groups in total. The number of amides is 1. The topological polar surface area (TPSA) is 92.4 Å². The highest BCUT2D eigenvalue weighted by Crippen LogP contribution is 2.09. The minimum absolute atomic E-state index is 0.0660. The van der Waals surface area contributed by atoms with Crippen LogP contribution in [0.1, 0.15) is 104 Å². The Hall–Kier alpha value is -1.36. The molecule has 0 aliphatic rings. The summed E-state index contributed by atoms with van der Waals surface area (Å²) >= 11 is 0. The normalized spacial score (nSPS) is 10.6. The summed E-state index contributed by atoms with van der Waals surface area (Å²) in [5.74, 6) is -0.968. The molecule has 0 heterocycles. The van der Waals surface area contributed by atoms with Crippen molar-refractivity contribution in [1.29, 1.82) is 0 Å². The van der Waals surface area contributed by atoms with Crippen molar-refractivity contribution in [3.63, 3.8) is 0 Å². The van der Waals surface area contributed by atoms with Gasteiger partial charge in [-0.25, -0.2) is 0 Å². The molecule has 0 saturated heterocycles. The van der Waals surface area contributed by atoms with Crippen molar-refractivity contribution < 1.29 is 14.7 Å². The van der Waals surface area contributed by atoms with Gasteiger partial charge in [-0.3, -0.25) is 9.59 Å². The molecule has 5 nitrogen and oxygen atoms in total. The minimum atomic E-state index is -0.804. The first-order valence-electron chi connectivity index (χ1n) is 10.9. The Morgan fingerprint density at radius 1 is 0.815 bits per heavy atom. The quantitative estimate of drug-likeness (QED) is 0.224. The van der Waals surface area contributed by atoms with E-state index in [1.54, 1.807) is 0 Å². The molecule has 0 fully saturated rings. The number of carboxylic acids is 1. The van der Waals surface area contributed by atoms with Crippen molar-refractivity contribution in [3.05, 3.63) is 12.2 Å². The van der Waals surface area contributed by atoms with Gasteiger partial charge in [-0.2, -0.15) is 0 Å². The average Bonchev–Trinajstić information content (AvgIpc) is 2.63. The number of hydrogen-bond donors (Lipinski definition) is 3. The van der Waals surface area contributed by atoms with Gasteiger partial charge in [-0.15, -0.1) is 0 Å². The first-order chi connectivity index (χ1) is 13.0. The Balaban J connectivity index is 0. The first-order valence-corrected chi connectivity index (χ1v) is 10.9. The maximum absolute atomic E-state index is 10.5. The number of carbonyl (C=O) groups excluding carboxylic acids is 1. The number of aliphatic carboxylic acids is 1. The Kier molecular flexibility index (Phi) is 25.4. The molecule has 0 bridgehead atoms. The Bertz CT molecular complexity index is 357. The van der Waals surface area contributed by atoms with Gasteiger partial charge in [0.15, 0.2) is 0 Å². The number of likely N-dealkylation sites (N-methyl/N-ethyl adjacent to an activating group) is 1. The van der Waals surface area contributed by atoms with Gasteiger partial charge in [-0.1, -0.05) is 77.4 Å². The Morgan fingerprint density at radius 2 is 1.30 bits per heavy atom. The summed E-state index contributed by atoms with van der Waals surface area (Å²) in [6.07, 6.45) is 21.9. The molecule has 160 valence electrons. The van der Waals surface area contributed by atoms with Crippen LogP contribution >= 0.6 is 0 Å². The number of unbranched alkanes of at least 4 members (excludes halogenated alkanes) is 11. The van der Waals surface area contributed by atoms with Crippen LogP contribution < -0.4 is 11.1 Å². The molecule has 0 atom stereocenters. The molecule has 27 heavy (non-hydrogen) atoms. The van der Waals surface area contributed by atoms with E-state index in [9.17, 15) is 9.59 Å². The SMILES string of the molecule is CCCCCCCC/C=C\CCCCCCCC(N)=O.CCNCC(=O)O. The van der Waals surface area contributed by atoms with Crippen LogP contribution in [0, 0.1) is 0 Å². The van der Waals surface area contributed by atoms with E-state index in [1.807, 2.05) is 6.92 Å². The van der Waals surface area contributed by atoms with Crippen molar-refractivity contribution >= 4 is 11.9 Å². The van der Waals surface area contributed by atoms with Crippen LogP contribution in [0.3, 0.4) is 0 Å². The summed E-state index contributed by atoms with van der Waals surface area (Å²) in [4.78, 5) is 20.2. The molecule has 0 spiro atoms. The highest BCUT2D eigenvalue weighted by Gasteiger charge is 1.94. The van der Waals surface area contributed by atoms with Gasteiger partial charge >= 0.3 is 5.97 Å². The van der Waals surface area contributed by atoms with Crippen molar-refractivity contribution in [2.45, 2.75) is 104 Å². The summed E-state index contributed by atoms with van der Waals surface area (Å²) < 4.78 is 0. The van der Waals surface area contributed by atoms with Gasteiger partial charge in [0.2, 0.25) is 5.91 Å². The fourth-order valence-corrected chi connectivity index (χ4v) is 2.60. The minimum Gasteiger partial charge on any atom is -0.480 e. The molecule has 5 heteroatoms. The summed E-state index contributed by atoms with van der Waals surface area (Å²) in [5, 5.41) is 10.6. The lowest BCUT2D eigenvalue weighted by molar-refractivity contribution is -0.135. The fraction of sp³-hybridized carbons (Fsp3) is 0.818. The van der Waals surface area contributed by atoms with Crippen LogP contribution in [-0.2, 0) is 9.59 Å². The number of carbonyl (C=O) groups is 2. The monoisotopic (exact) mass is 384 g/mol. The van der Waals surface area contributed by atoms with E-state index in [0.29, 0.717) is 13.0 Å². The standard InChI is InChI=1S/C18H35NO.C4H9NO2/c1-2-3-4-5-6-7-8-9-10-11-12-13-14-15-16-17-18(19)20;1-2-5-3-4(6)7/h9-10H,2-8,11-17H2,1H3,(H2,19,20);5H,2-3H2,1H3,(H,6,7)/b10-9-;. The molecular formula is C22H44N2O3. The van der Waals surface area contributed by atoms with E-state index >= 15 is 0 Å². The van der Waals surface area contributed by atoms with Crippen molar-refractivity contribution in [2.24, 2.45) is 5.73 Å². The predicted octanol–water partition coefficient (Wildman–Crippen LogP) is 5.19. The van der Waals surface area contributed by atoms with Crippen LogP contribution in [0.25, 0.3) is 0 Å². The second kappa shape index (κ2) is 24.6. The Labute approximate surface area is 167 Å². The summed E-state index contributed by atoms with van der Waals surface area (Å²) in [6, 6.07) is 0. The second-order valence-electron chi connectivity index (χ2n) is 6.97. The molecule has 0 radical (unpaired) electrons. The first kappa shape index (κ1) is 27.9. The molecule has 0 rings (SSSR count). The molecule has 0 aromatic carbocycles. The van der Waals surface area contributed by atoms with Gasteiger partial charge in [0.25, 0.3) is 0 Å². The van der Waals surface area contributed by atoms with E-state index in [2.05, 4.69) is 24.4 Å². The van der Waals surface area contributed by atoms with E-state index in [1.165, 1.54) is 70.6 Å². The number of allylic oxidation sites excluding steroid dienone is 2. The number of carboxylic acid groups (broad SMARTS) is 1. The van der Waals surface area contributed by atoms with Crippen LogP contribution in [-0.4, -0.2) is 30.1 Å². The Morgan fingerprint density at radius 3 is 1.70 bits per heavy atom. The number of nitrogens with two attached hydrogens (primary N) is 1. The zero-order chi connectivity index (χ0) is 20.6. The third kappa shape index (κ3) is 32.7. The molecule has 0 aromatic heterocycles. The third-order valence-corrected chi connectivity index (χ3v) is 4.21. The number of nitrogens with one attached hydrogen (secondary N) is 1. The highest BCUT2D eigenvalue weighted by atomic mass is 16.4. The van der Waals surface area contributed by atoms with Crippen LogP contribution in [0.2, 0.25) is 0 Å². The van der Waals surface area contributed by atoms with Gasteiger partial charge in [0.1, 0.15) is 0 Å². The number of rotatable bonds is 18. The summed E-state index contributed by atoms with van der Waals surface area (Å²) in [7, 11) is 0. The largest absolute Gasteiger partial charge is 0.480 e. The van der Waals surface area contributed by atoms with Crippen molar-refractivity contribution in [3.8, 4) is 0 Å². The van der Waals surface area contributed by atoms with Gasteiger partial charge < -0.3 is 16.2 Å². The lowest BCUT2D eigenvalue weighted by Crippen LogP contribution is -2.21. The summed E-state index contributed by atoms with van der Waals surface area (Å²) in [6.45, 7) is 4.91. The van der Waals surface area contributed by atoms with Crippen molar-refractivity contribution in [1.82, 2.24) is 5.32 Å². The van der Waals surface area contributed by atoms with E-state index in [4.69, 9.17) is 10.8 Å². The van der Waals surface area contributed by atoms with E-state index in [0.717, 1.165) is 12.8 Å². The van der Waals surface area contributed by atoms with Crippen molar-refractivity contribution in [2.75, 3.05) is 13.1 Å². The maximum Gasteiger partial charge on any atom is 0.317 e. The van der Waals surface area contributed by atoms with Gasteiger partial charge in [0.05, 0.1) is 6.54 Å². The van der Waals surface area contributed by atoms with Crippen LogP contribution in [0.5, 0.6) is 0 Å². The zero-order valence-electron chi connectivity index (χ0n) is 17.8. The highest BCUT2D eigenvalue weighted by molar-refractivity contribution is 5.73. The second-order valence-corrected chi connectivity index (χ2v) is 6.97. The van der Waals surface area contributed by atoms with E-state index < -0.39 is 5.97 Å². The zero-order valence-corrected chi connectivity index (χ0v) is 17.8. The maximum atomic E-state index is 10.5. The van der Waals surface area contributed by atoms with Crippen LogP contribution in [0.15, 0.2) is 12.2 Å². The third-order valence-electron chi connectivity index (χ3n) is 4.21. The molecule has 0 unspecified atom stereocenters. The molecular weight excluding hydrogens is 340 g/mol. The average molecular weight is 385 g/mol. The van der Waals surface area contributed by atoms with E-state index in [-0.39, 0.29) is 12.5 Å². The lowest BCUT2D eigenvalue weighted by atomic mass is 10.1.